The molecule has 0 spiro atoms. The van der Waals surface area contributed by atoms with Crippen LogP contribution >= 0.6 is 11.6 Å². The maximum Gasteiger partial charge on any atom is 0.253 e. The number of anilines is 1. The minimum Gasteiger partial charge on any atom is -0.366 e. The van der Waals surface area contributed by atoms with Crippen molar-refractivity contribution in [3.63, 3.8) is 0 Å². The Kier molecular flexibility index (Phi) is 3.73. The fourth-order valence-electron chi connectivity index (χ4n) is 2.76. The normalized spacial score (nSPS) is 27.8. The zero-order valence-electron chi connectivity index (χ0n) is 10.6. The minimum absolute atomic E-state index is 0.00414. The number of amides is 1. The summed E-state index contributed by atoms with van der Waals surface area (Å²) in [6.45, 7) is 2.79. The Labute approximate surface area is 117 Å². The molecule has 2 saturated heterocycles. The van der Waals surface area contributed by atoms with Gasteiger partial charge in [-0.3, -0.25) is 4.79 Å². The topological polar surface area (TPSA) is 41.6 Å². The van der Waals surface area contributed by atoms with Crippen molar-refractivity contribution in [1.82, 2.24) is 5.32 Å². The highest BCUT2D eigenvalue weighted by Crippen LogP contribution is 2.26. The predicted octanol–water partition coefficient (Wildman–Crippen LogP) is 1.68. The summed E-state index contributed by atoms with van der Waals surface area (Å²) < 4.78 is 5.69. The average molecular weight is 281 g/mol. The average Bonchev–Trinajstić information content (AvgIpc) is 2.93. The van der Waals surface area contributed by atoms with Gasteiger partial charge in [0.25, 0.3) is 5.91 Å². The summed E-state index contributed by atoms with van der Waals surface area (Å²) in [5.41, 5.74) is 0.858. The predicted molar refractivity (Wildman–Crippen MR) is 74.5 cm³/mol. The van der Waals surface area contributed by atoms with Gasteiger partial charge in [0.1, 0.15) is 6.61 Å². The van der Waals surface area contributed by atoms with Gasteiger partial charge in [-0.05, 0) is 31.2 Å². The Hall–Kier alpha value is -1.10. The first-order valence-electron chi connectivity index (χ1n) is 6.62. The summed E-state index contributed by atoms with van der Waals surface area (Å²) in [5, 5.41) is 3.99. The van der Waals surface area contributed by atoms with Gasteiger partial charge in [0.2, 0.25) is 0 Å². The van der Waals surface area contributed by atoms with Crippen molar-refractivity contribution in [2.24, 2.45) is 5.92 Å². The van der Waals surface area contributed by atoms with Crippen LogP contribution in [-0.2, 0) is 9.53 Å². The van der Waals surface area contributed by atoms with Crippen molar-refractivity contribution in [3.8, 4) is 0 Å². The van der Waals surface area contributed by atoms with Gasteiger partial charge in [-0.25, -0.2) is 0 Å². The van der Waals surface area contributed by atoms with Crippen LogP contribution in [-0.4, -0.2) is 38.3 Å². The Balaban J connectivity index is 1.77. The number of hydrogen-bond donors (Lipinski definition) is 1. The van der Waals surface area contributed by atoms with Crippen molar-refractivity contribution in [3.05, 3.63) is 29.3 Å². The number of benzene rings is 1. The molecule has 19 heavy (non-hydrogen) atoms. The number of rotatable bonds is 2. The molecule has 2 unspecified atom stereocenters. The lowest BCUT2D eigenvalue weighted by atomic mass is 9.99. The van der Waals surface area contributed by atoms with E-state index in [0.717, 1.165) is 25.2 Å². The van der Waals surface area contributed by atoms with E-state index < -0.39 is 0 Å². The molecule has 0 aliphatic carbocycles. The highest BCUT2D eigenvalue weighted by molar-refractivity contribution is 6.30. The summed E-state index contributed by atoms with van der Waals surface area (Å²) in [6.07, 6.45) is 1.23. The van der Waals surface area contributed by atoms with Gasteiger partial charge < -0.3 is 15.0 Å². The quantitative estimate of drug-likeness (QED) is 0.896. The van der Waals surface area contributed by atoms with E-state index in [4.69, 9.17) is 16.3 Å². The largest absolute Gasteiger partial charge is 0.366 e. The number of halogens is 1. The van der Waals surface area contributed by atoms with Crippen LogP contribution in [0.4, 0.5) is 5.69 Å². The second kappa shape index (κ2) is 5.49. The van der Waals surface area contributed by atoms with E-state index in [0.29, 0.717) is 17.5 Å². The first-order valence-corrected chi connectivity index (χ1v) is 7.00. The highest BCUT2D eigenvalue weighted by Gasteiger charge is 2.33. The van der Waals surface area contributed by atoms with Crippen LogP contribution in [0.2, 0.25) is 5.02 Å². The number of ether oxygens (including phenoxy) is 1. The molecule has 1 aromatic carbocycles. The minimum atomic E-state index is 0.00414. The molecule has 2 aliphatic heterocycles. The van der Waals surface area contributed by atoms with E-state index in [1.807, 2.05) is 24.3 Å². The van der Waals surface area contributed by atoms with Crippen molar-refractivity contribution >= 4 is 23.2 Å². The number of carbonyl (C=O) groups is 1. The molecule has 102 valence electrons. The summed E-state index contributed by atoms with van der Waals surface area (Å²) in [6, 6.07) is 7.43. The molecule has 0 saturated carbocycles. The summed E-state index contributed by atoms with van der Waals surface area (Å²) in [7, 11) is 0. The number of nitrogens with zero attached hydrogens (tertiary/aromatic N) is 1. The molecule has 5 heteroatoms. The number of hydrogen-bond acceptors (Lipinski definition) is 3. The first kappa shape index (κ1) is 12.9. The van der Waals surface area contributed by atoms with Crippen molar-refractivity contribution in [1.29, 1.82) is 0 Å². The highest BCUT2D eigenvalue weighted by atomic mass is 35.5. The summed E-state index contributed by atoms with van der Waals surface area (Å²) in [5.74, 6) is 0.499. The van der Waals surface area contributed by atoms with Gasteiger partial charge in [-0.15, -0.1) is 0 Å². The van der Waals surface area contributed by atoms with Crippen LogP contribution < -0.4 is 10.2 Å². The maximum absolute atomic E-state index is 12.0. The third-order valence-electron chi connectivity index (χ3n) is 3.83. The van der Waals surface area contributed by atoms with Crippen LogP contribution in [0.5, 0.6) is 0 Å². The van der Waals surface area contributed by atoms with E-state index in [-0.39, 0.29) is 18.6 Å². The van der Waals surface area contributed by atoms with Gasteiger partial charge >= 0.3 is 0 Å². The molecule has 0 aromatic heterocycles. The van der Waals surface area contributed by atoms with Gasteiger partial charge in [0, 0.05) is 23.2 Å². The van der Waals surface area contributed by atoms with E-state index in [9.17, 15) is 4.79 Å². The molecule has 3 rings (SSSR count). The standard InChI is InChI=1S/C14H17ClN2O2/c15-11-2-1-3-12(6-11)17-8-13(19-9-14(17)18)10-4-5-16-7-10/h1-3,6,10,13,16H,4-5,7-9H2. The molecule has 2 atom stereocenters. The fourth-order valence-corrected chi connectivity index (χ4v) is 2.95. The van der Waals surface area contributed by atoms with E-state index in [1.54, 1.807) is 4.90 Å². The molecular formula is C14H17ClN2O2. The molecule has 0 bridgehead atoms. The van der Waals surface area contributed by atoms with Crippen LogP contribution in [0.1, 0.15) is 6.42 Å². The second-order valence-corrected chi connectivity index (χ2v) is 5.52. The summed E-state index contributed by atoms with van der Waals surface area (Å²) >= 11 is 6.00. The number of nitrogens with one attached hydrogen (secondary N) is 1. The van der Waals surface area contributed by atoms with E-state index >= 15 is 0 Å². The molecular weight excluding hydrogens is 264 g/mol. The SMILES string of the molecule is O=C1COC(C2CCNC2)CN1c1cccc(Cl)c1. The fraction of sp³-hybridized carbons (Fsp3) is 0.500. The molecule has 2 aliphatic rings. The molecule has 2 heterocycles. The third kappa shape index (κ3) is 2.76. The monoisotopic (exact) mass is 280 g/mol. The molecule has 1 amide bonds. The second-order valence-electron chi connectivity index (χ2n) is 5.09. The first-order chi connectivity index (χ1) is 9.24. The maximum atomic E-state index is 12.0. The molecule has 1 aromatic rings. The zero-order valence-corrected chi connectivity index (χ0v) is 11.4. The van der Waals surface area contributed by atoms with Gasteiger partial charge in [-0.1, -0.05) is 17.7 Å². The van der Waals surface area contributed by atoms with Crippen LogP contribution in [0.3, 0.4) is 0 Å². The zero-order chi connectivity index (χ0) is 13.2. The lowest BCUT2D eigenvalue weighted by molar-refractivity contribution is -0.131. The van der Waals surface area contributed by atoms with Crippen molar-refractivity contribution < 1.29 is 9.53 Å². The molecule has 4 nitrogen and oxygen atoms in total. The van der Waals surface area contributed by atoms with Gasteiger partial charge in [0.05, 0.1) is 12.6 Å². The van der Waals surface area contributed by atoms with Gasteiger partial charge in [0.15, 0.2) is 0 Å². The molecule has 0 radical (unpaired) electrons. The van der Waals surface area contributed by atoms with Crippen molar-refractivity contribution in [2.75, 3.05) is 31.1 Å². The molecule has 1 N–H and O–H groups in total. The van der Waals surface area contributed by atoms with Crippen LogP contribution in [0, 0.1) is 5.92 Å². The third-order valence-corrected chi connectivity index (χ3v) is 4.06. The lowest BCUT2D eigenvalue weighted by Crippen LogP contribution is -2.49. The smallest absolute Gasteiger partial charge is 0.253 e. The van der Waals surface area contributed by atoms with E-state index in [1.165, 1.54) is 0 Å². The van der Waals surface area contributed by atoms with Crippen LogP contribution in [0.15, 0.2) is 24.3 Å². The van der Waals surface area contributed by atoms with E-state index in [2.05, 4.69) is 5.32 Å². The number of morpholine rings is 1. The Morgan fingerprint density at radius 1 is 1.42 bits per heavy atom. The Morgan fingerprint density at radius 2 is 2.32 bits per heavy atom. The Morgan fingerprint density at radius 3 is 3.05 bits per heavy atom. The lowest BCUT2D eigenvalue weighted by Gasteiger charge is -2.35. The van der Waals surface area contributed by atoms with Gasteiger partial charge in [-0.2, -0.15) is 0 Å². The van der Waals surface area contributed by atoms with Crippen molar-refractivity contribution in [2.45, 2.75) is 12.5 Å². The Bertz CT molecular complexity index is 474. The van der Waals surface area contributed by atoms with Crippen LogP contribution in [0.25, 0.3) is 0 Å². The number of carbonyl (C=O) groups excluding carboxylic acids is 1. The molecule has 2 fully saturated rings. The summed E-state index contributed by atoms with van der Waals surface area (Å²) in [4.78, 5) is 13.8.